The number of Topliss-reactive ketones (excluding diaryl/α,β-unsaturated/α-hetero) is 1. The van der Waals surface area contributed by atoms with Crippen LogP contribution in [0.5, 0.6) is 0 Å². The highest BCUT2D eigenvalue weighted by Crippen LogP contribution is 2.35. The minimum Gasteiger partial charge on any atom is -0.308 e. The number of hydrogen-bond donors (Lipinski definition) is 0. The molecule has 0 radical (unpaired) electrons. The first-order valence-corrected chi connectivity index (χ1v) is 10.6. The molecule has 0 aliphatic heterocycles. The van der Waals surface area contributed by atoms with E-state index >= 15 is 0 Å². The third-order valence-electron chi connectivity index (χ3n) is 5.76. The van der Waals surface area contributed by atoms with Crippen molar-refractivity contribution in [2.45, 2.75) is 33.6 Å². The fraction of sp³-hybridized carbons (Fsp3) is 0.269. The number of pyridine rings is 1. The number of para-hydroxylation sites is 2. The number of nitrogens with zero attached hydrogens (tertiary/aromatic N) is 2. The van der Waals surface area contributed by atoms with E-state index in [1.165, 1.54) is 6.07 Å². The average molecular weight is 415 g/mol. The van der Waals surface area contributed by atoms with Crippen LogP contribution in [0.15, 0.2) is 71.5 Å². The Bertz CT molecular complexity index is 1190. The lowest BCUT2D eigenvalue weighted by Crippen LogP contribution is -2.40. The van der Waals surface area contributed by atoms with Crippen molar-refractivity contribution in [3.05, 3.63) is 93.9 Å². The first-order chi connectivity index (χ1) is 14.8. The predicted molar refractivity (Wildman–Crippen MR) is 122 cm³/mol. The van der Waals surface area contributed by atoms with Gasteiger partial charge in [-0.25, -0.2) is 0 Å². The van der Waals surface area contributed by atoms with Crippen molar-refractivity contribution in [1.82, 2.24) is 4.57 Å². The first kappa shape index (κ1) is 20.8. The number of aromatic nitrogens is 1. The minimum absolute atomic E-state index is 0.0152. The van der Waals surface area contributed by atoms with Gasteiger partial charge in [0, 0.05) is 35.6 Å². The summed E-state index contributed by atoms with van der Waals surface area (Å²) < 4.78 is 1.56. The van der Waals surface area contributed by atoms with Crippen LogP contribution in [0.3, 0.4) is 0 Å². The molecule has 158 valence electrons. The van der Waals surface area contributed by atoms with Gasteiger partial charge in [-0.15, -0.1) is 0 Å². The summed E-state index contributed by atoms with van der Waals surface area (Å²) in [4.78, 5) is 41.8. The quantitative estimate of drug-likeness (QED) is 0.624. The van der Waals surface area contributed by atoms with Crippen LogP contribution in [-0.4, -0.2) is 22.8 Å². The standard InChI is InChI=1S/C26H26N2O3/c1-4-27(18-11-7-5-8-12-18)24(30)21-15-20-22(16-26(2,3)17-23(20)29)28(25(21)31)19-13-9-6-10-14-19/h5-15H,4,16-17H2,1-3H3. The van der Waals surface area contributed by atoms with Gasteiger partial charge in [-0.05, 0) is 49.1 Å². The molecular weight excluding hydrogens is 388 g/mol. The first-order valence-electron chi connectivity index (χ1n) is 10.6. The van der Waals surface area contributed by atoms with Gasteiger partial charge in [0.15, 0.2) is 5.78 Å². The molecule has 0 saturated carbocycles. The van der Waals surface area contributed by atoms with Crippen LogP contribution in [0.1, 0.15) is 53.6 Å². The fourth-order valence-electron chi connectivity index (χ4n) is 4.31. The second-order valence-electron chi connectivity index (χ2n) is 8.72. The molecule has 0 unspecified atom stereocenters. The minimum atomic E-state index is -0.399. The highest BCUT2D eigenvalue weighted by molar-refractivity contribution is 6.08. The summed E-state index contributed by atoms with van der Waals surface area (Å²) in [6.45, 7) is 6.33. The van der Waals surface area contributed by atoms with Crippen LogP contribution in [0.25, 0.3) is 5.69 Å². The molecule has 1 amide bonds. The van der Waals surface area contributed by atoms with E-state index in [2.05, 4.69) is 0 Å². The number of benzene rings is 2. The molecule has 0 bridgehead atoms. The largest absolute Gasteiger partial charge is 0.308 e. The molecule has 1 aliphatic carbocycles. The van der Waals surface area contributed by atoms with E-state index in [9.17, 15) is 14.4 Å². The van der Waals surface area contributed by atoms with E-state index < -0.39 is 11.5 Å². The Hall–Kier alpha value is -3.47. The normalized spacial score (nSPS) is 14.7. The Labute approximate surface area is 181 Å². The van der Waals surface area contributed by atoms with Crippen LogP contribution >= 0.6 is 0 Å². The molecule has 4 rings (SSSR count). The van der Waals surface area contributed by atoms with Crippen molar-refractivity contribution in [2.75, 3.05) is 11.4 Å². The zero-order valence-electron chi connectivity index (χ0n) is 18.1. The van der Waals surface area contributed by atoms with Crippen molar-refractivity contribution in [3.63, 3.8) is 0 Å². The maximum atomic E-state index is 13.7. The highest BCUT2D eigenvalue weighted by Gasteiger charge is 2.35. The molecular formula is C26H26N2O3. The molecule has 3 aromatic rings. The Morgan fingerprint density at radius 2 is 1.58 bits per heavy atom. The van der Waals surface area contributed by atoms with Crippen molar-refractivity contribution in [2.24, 2.45) is 5.41 Å². The zero-order chi connectivity index (χ0) is 22.2. The SMILES string of the molecule is CCN(C(=O)c1cc2c(n(-c3ccccc3)c1=O)CC(C)(C)CC2=O)c1ccccc1. The fourth-order valence-corrected chi connectivity index (χ4v) is 4.31. The summed E-state index contributed by atoms with van der Waals surface area (Å²) in [6.07, 6.45) is 0.972. The average Bonchev–Trinajstić information content (AvgIpc) is 2.74. The molecule has 5 nitrogen and oxygen atoms in total. The van der Waals surface area contributed by atoms with E-state index in [1.54, 1.807) is 9.47 Å². The van der Waals surface area contributed by atoms with Crippen molar-refractivity contribution >= 4 is 17.4 Å². The van der Waals surface area contributed by atoms with Gasteiger partial charge in [0.2, 0.25) is 0 Å². The molecule has 0 N–H and O–H groups in total. The van der Waals surface area contributed by atoms with E-state index in [0.29, 0.717) is 42.0 Å². The summed E-state index contributed by atoms with van der Waals surface area (Å²) in [5, 5.41) is 0. The third-order valence-corrected chi connectivity index (χ3v) is 5.76. The second-order valence-corrected chi connectivity index (χ2v) is 8.72. The number of hydrogen-bond acceptors (Lipinski definition) is 3. The van der Waals surface area contributed by atoms with Crippen LogP contribution in [0.2, 0.25) is 0 Å². The van der Waals surface area contributed by atoms with Gasteiger partial charge in [-0.1, -0.05) is 50.2 Å². The van der Waals surface area contributed by atoms with E-state index in [1.807, 2.05) is 81.4 Å². The van der Waals surface area contributed by atoms with Crippen LogP contribution in [0.4, 0.5) is 5.69 Å². The lowest BCUT2D eigenvalue weighted by atomic mass is 9.75. The smallest absolute Gasteiger partial charge is 0.268 e. The summed E-state index contributed by atoms with van der Waals surface area (Å²) in [7, 11) is 0. The van der Waals surface area contributed by atoms with Gasteiger partial charge < -0.3 is 4.90 Å². The molecule has 1 aliphatic rings. The van der Waals surface area contributed by atoms with Gasteiger partial charge in [0.25, 0.3) is 11.5 Å². The van der Waals surface area contributed by atoms with Gasteiger partial charge in [0.1, 0.15) is 5.56 Å². The summed E-state index contributed by atoms with van der Waals surface area (Å²) in [5.41, 5.74) is 1.89. The van der Waals surface area contributed by atoms with E-state index in [4.69, 9.17) is 0 Å². The number of carbonyl (C=O) groups is 2. The van der Waals surface area contributed by atoms with Gasteiger partial charge >= 0.3 is 0 Å². The monoisotopic (exact) mass is 414 g/mol. The van der Waals surface area contributed by atoms with Crippen LogP contribution in [0, 0.1) is 5.41 Å². The van der Waals surface area contributed by atoms with Crippen molar-refractivity contribution < 1.29 is 9.59 Å². The van der Waals surface area contributed by atoms with E-state index in [-0.39, 0.29) is 16.8 Å². The Kier molecular flexibility index (Phi) is 5.36. The van der Waals surface area contributed by atoms with Crippen molar-refractivity contribution in [3.8, 4) is 5.69 Å². The van der Waals surface area contributed by atoms with Gasteiger partial charge in [-0.3, -0.25) is 19.0 Å². The molecule has 1 aromatic heterocycles. The van der Waals surface area contributed by atoms with E-state index in [0.717, 1.165) is 0 Å². The predicted octanol–water partition coefficient (Wildman–Crippen LogP) is 4.66. The highest BCUT2D eigenvalue weighted by atomic mass is 16.2. The lowest BCUT2D eigenvalue weighted by Gasteiger charge is -2.32. The Balaban J connectivity index is 1.95. The molecule has 0 spiro atoms. The zero-order valence-corrected chi connectivity index (χ0v) is 18.1. The Morgan fingerprint density at radius 3 is 2.19 bits per heavy atom. The lowest BCUT2D eigenvalue weighted by molar-refractivity contribution is 0.0908. The molecule has 0 fully saturated rings. The summed E-state index contributed by atoms with van der Waals surface area (Å²) in [6, 6.07) is 20.0. The number of amides is 1. The molecule has 1 heterocycles. The van der Waals surface area contributed by atoms with Crippen LogP contribution < -0.4 is 10.5 Å². The maximum absolute atomic E-state index is 13.7. The topological polar surface area (TPSA) is 59.4 Å². The molecule has 0 saturated heterocycles. The van der Waals surface area contributed by atoms with Crippen molar-refractivity contribution in [1.29, 1.82) is 0 Å². The summed E-state index contributed by atoms with van der Waals surface area (Å²) in [5.74, 6) is -0.434. The number of anilines is 1. The third kappa shape index (κ3) is 3.83. The summed E-state index contributed by atoms with van der Waals surface area (Å²) >= 11 is 0. The number of ketones is 1. The molecule has 2 aromatic carbocycles. The van der Waals surface area contributed by atoms with Crippen LogP contribution in [-0.2, 0) is 6.42 Å². The molecule has 31 heavy (non-hydrogen) atoms. The van der Waals surface area contributed by atoms with Gasteiger partial charge in [-0.2, -0.15) is 0 Å². The second kappa shape index (κ2) is 7.99. The maximum Gasteiger partial charge on any atom is 0.268 e. The molecule has 5 heteroatoms. The number of fused-ring (bicyclic) bond motifs is 1. The number of carbonyl (C=O) groups excluding carboxylic acids is 2. The number of rotatable bonds is 4. The Morgan fingerprint density at radius 1 is 0.968 bits per heavy atom. The molecule has 0 atom stereocenters. The van der Waals surface area contributed by atoms with Gasteiger partial charge in [0.05, 0.1) is 0 Å².